The molecule has 0 saturated carbocycles. The summed E-state index contributed by atoms with van der Waals surface area (Å²) in [6.07, 6.45) is 0. The minimum absolute atomic E-state index is 0.0290. The molecule has 0 heterocycles. The number of hydrogen-bond acceptors (Lipinski definition) is 3. The number of aryl methyl sites for hydroxylation is 1. The molecule has 0 aliphatic rings. The van der Waals surface area contributed by atoms with E-state index in [0.717, 1.165) is 6.07 Å². The van der Waals surface area contributed by atoms with E-state index in [2.05, 4.69) is 4.72 Å². The van der Waals surface area contributed by atoms with Gasteiger partial charge < -0.3 is 5.73 Å². The maximum atomic E-state index is 13.1. The summed E-state index contributed by atoms with van der Waals surface area (Å²) < 4.78 is 39.8. The number of benzene rings is 2. The van der Waals surface area contributed by atoms with Crippen LogP contribution in [0.15, 0.2) is 47.4 Å². The highest BCUT2D eigenvalue weighted by Gasteiger charge is 2.18. The van der Waals surface area contributed by atoms with Gasteiger partial charge in [0.1, 0.15) is 10.7 Å². The Bertz CT molecular complexity index is 714. The molecule has 0 atom stereocenters. The van der Waals surface area contributed by atoms with Crippen molar-refractivity contribution in [1.82, 2.24) is 0 Å². The molecule has 2 aromatic rings. The van der Waals surface area contributed by atoms with Crippen LogP contribution in [0.4, 0.5) is 15.8 Å². The highest BCUT2D eigenvalue weighted by Crippen LogP contribution is 2.23. The molecular weight excluding hydrogens is 267 g/mol. The zero-order valence-electron chi connectivity index (χ0n) is 10.2. The van der Waals surface area contributed by atoms with E-state index in [0.29, 0.717) is 5.56 Å². The molecule has 4 nitrogen and oxygen atoms in total. The number of nitrogens with one attached hydrogen (secondary N) is 1. The van der Waals surface area contributed by atoms with Crippen LogP contribution in [-0.2, 0) is 10.0 Å². The van der Waals surface area contributed by atoms with Gasteiger partial charge in [0.05, 0.1) is 11.4 Å². The van der Waals surface area contributed by atoms with Gasteiger partial charge in [-0.1, -0.05) is 18.2 Å². The average Bonchev–Trinajstić information content (AvgIpc) is 2.34. The standard InChI is InChI=1S/C13H13FN2O2S/c1-9-6-7-10(14)8-12(9)16-19(17,18)13-5-3-2-4-11(13)15/h2-8,16H,15H2,1H3. The number of hydrogen-bond donors (Lipinski definition) is 2. The fourth-order valence-corrected chi connectivity index (χ4v) is 2.88. The lowest BCUT2D eigenvalue weighted by Gasteiger charge is -2.12. The van der Waals surface area contributed by atoms with Crippen molar-refractivity contribution in [2.45, 2.75) is 11.8 Å². The zero-order valence-corrected chi connectivity index (χ0v) is 11.0. The van der Waals surface area contributed by atoms with Crippen molar-refractivity contribution in [3.63, 3.8) is 0 Å². The lowest BCUT2D eigenvalue weighted by molar-refractivity contribution is 0.601. The summed E-state index contributed by atoms with van der Waals surface area (Å²) >= 11 is 0. The summed E-state index contributed by atoms with van der Waals surface area (Å²) in [7, 11) is -3.82. The summed E-state index contributed by atoms with van der Waals surface area (Å²) in [4.78, 5) is -0.0290. The Kier molecular flexibility index (Phi) is 3.44. The lowest BCUT2D eigenvalue weighted by Crippen LogP contribution is -2.15. The molecule has 19 heavy (non-hydrogen) atoms. The van der Waals surface area contributed by atoms with Crippen LogP contribution in [-0.4, -0.2) is 8.42 Å². The second-order valence-electron chi connectivity index (χ2n) is 4.10. The van der Waals surface area contributed by atoms with Crippen LogP contribution >= 0.6 is 0 Å². The molecule has 0 aromatic heterocycles. The molecule has 0 saturated heterocycles. The Labute approximate surface area is 111 Å². The summed E-state index contributed by atoms with van der Waals surface area (Å²) in [6, 6.07) is 10.0. The predicted octanol–water partition coefficient (Wildman–Crippen LogP) is 2.52. The van der Waals surface area contributed by atoms with Crippen LogP contribution in [0, 0.1) is 12.7 Å². The van der Waals surface area contributed by atoms with E-state index in [-0.39, 0.29) is 16.3 Å². The minimum atomic E-state index is -3.82. The third-order valence-electron chi connectivity index (χ3n) is 2.65. The number of halogens is 1. The van der Waals surface area contributed by atoms with Crippen molar-refractivity contribution in [3.05, 3.63) is 53.8 Å². The smallest absolute Gasteiger partial charge is 0.263 e. The van der Waals surface area contributed by atoms with E-state index in [1.165, 1.54) is 24.3 Å². The fraction of sp³-hybridized carbons (Fsp3) is 0.0769. The molecule has 0 bridgehead atoms. The third-order valence-corrected chi connectivity index (χ3v) is 4.09. The van der Waals surface area contributed by atoms with Crippen molar-refractivity contribution in [2.75, 3.05) is 10.5 Å². The highest BCUT2D eigenvalue weighted by molar-refractivity contribution is 7.92. The molecular formula is C13H13FN2O2S. The molecule has 100 valence electrons. The first-order chi connectivity index (χ1) is 8.90. The van der Waals surface area contributed by atoms with Gasteiger partial charge in [-0.3, -0.25) is 4.72 Å². The lowest BCUT2D eigenvalue weighted by atomic mass is 10.2. The fourth-order valence-electron chi connectivity index (χ4n) is 1.63. The van der Waals surface area contributed by atoms with Crippen molar-refractivity contribution < 1.29 is 12.8 Å². The van der Waals surface area contributed by atoms with E-state index in [4.69, 9.17) is 5.73 Å². The van der Waals surface area contributed by atoms with Crippen molar-refractivity contribution in [1.29, 1.82) is 0 Å². The summed E-state index contributed by atoms with van der Waals surface area (Å²) in [5.74, 6) is -0.510. The van der Waals surface area contributed by atoms with Gasteiger partial charge in [-0.25, -0.2) is 12.8 Å². The second-order valence-corrected chi connectivity index (χ2v) is 5.75. The number of para-hydroxylation sites is 1. The second kappa shape index (κ2) is 4.89. The maximum Gasteiger partial charge on any atom is 0.263 e. The van der Waals surface area contributed by atoms with E-state index in [1.807, 2.05) is 0 Å². The summed E-state index contributed by atoms with van der Waals surface area (Å²) in [5, 5.41) is 0. The maximum absolute atomic E-state index is 13.1. The SMILES string of the molecule is Cc1ccc(F)cc1NS(=O)(=O)c1ccccc1N. The molecule has 0 radical (unpaired) electrons. The van der Waals surface area contributed by atoms with Crippen LogP contribution in [0.3, 0.4) is 0 Å². The normalized spacial score (nSPS) is 11.3. The molecule has 0 aliphatic heterocycles. The zero-order chi connectivity index (χ0) is 14.0. The largest absolute Gasteiger partial charge is 0.398 e. The first-order valence-corrected chi connectivity index (χ1v) is 7.02. The van der Waals surface area contributed by atoms with Crippen molar-refractivity contribution >= 4 is 21.4 Å². The Morgan fingerprint density at radius 2 is 1.84 bits per heavy atom. The van der Waals surface area contributed by atoms with E-state index in [9.17, 15) is 12.8 Å². The monoisotopic (exact) mass is 280 g/mol. The van der Waals surface area contributed by atoms with E-state index < -0.39 is 15.8 Å². The molecule has 0 amide bonds. The first kappa shape index (κ1) is 13.4. The van der Waals surface area contributed by atoms with Gasteiger partial charge in [0, 0.05) is 0 Å². The van der Waals surface area contributed by atoms with Gasteiger partial charge in [-0.2, -0.15) is 0 Å². The van der Waals surface area contributed by atoms with Crippen LogP contribution in [0.5, 0.6) is 0 Å². The van der Waals surface area contributed by atoms with Gasteiger partial charge in [0.2, 0.25) is 0 Å². The number of nitrogen functional groups attached to an aromatic ring is 1. The van der Waals surface area contributed by atoms with E-state index in [1.54, 1.807) is 19.1 Å². The highest BCUT2D eigenvalue weighted by atomic mass is 32.2. The van der Waals surface area contributed by atoms with Crippen LogP contribution in [0.2, 0.25) is 0 Å². The topological polar surface area (TPSA) is 72.2 Å². The number of nitrogens with two attached hydrogens (primary N) is 1. The molecule has 3 N–H and O–H groups in total. The molecule has 2 aromatic carbocycles. The molecule has 0 fully saturated rings. The van der Waals surface area contributed by atoms with Crippen LogP contribution in [0.1, 0.15) is 5.56 Å². The van der Waals surface area contributed by atoms with Gasteiger partial charge in [-0.15, -0.1) is 0 Å². The number of sulfonamides is 1. The number of rotatable bonds is 3. The predicted molar refractivity (Wildman–Crippen MR) is 72.8 cm³/mol. The summed E-state index contributed by atoms with van der Waals surface area (Å²) in [6.45, 7) is 1.69. The minimum Gasteiger partial charge on any atom is -0.398 e. The third kappa shape index (κ3) is 2.85. The Hall–Kier alpha value is -2.08. The number of anilines is 2. The first-order valence-electron chi connectivity index (χ1n) is 5.53. The van der Waals surface area contributed by atoms with Crippen LogP contribution < -0.4 is 10.5 Å². The molecule has 2 rings (SSSR count). The summed E-state index contributed by atoms with van der Waals surface area (Å²) in [5.41, 5.74) is 6.60. The average molecular weight is 280 g/mol. The molecule has 0 spiro atoms. The van der Waals surface area contributed by atoms with Gasteiger partial charge in [-0.05, 0) is 36.8 Å². The van der Waals surface area contributed by atoms with Crippen molar-refractivity contribution in [3.8, 4) is 0 Å². The van der Waals surface area contributed by atoms with Gasteiger partial charge in [0.15, 0.2) is 0 Å². The Balaban J connectivity index is 2.43. The van der Waals surface area contributed by atoms with Crippen LogP contribution in [0.25, 0.3) is 0 Å². The Morgan fingerprint density at radius 3 is 2.53 bits per heavy atom. The van der Waals surface area contributed by atoms with E-state index >= 15 is 0 Å². The Morgan fingerprint density at radius 1 is 1.16 bits per heavy atom. The van der Waals surface area contributed by atoms with Crippen molar-refractivity contribution in [2.24, 2.45) is 0 Å². The van der Waals surface area contributed by atoms with Gasteiger partial charge in [0.25, 0.3) is 10.0 Å². The molecule has 0 aliphatic carbocycles. The van der Waals surface area contributed by atoms with Gasteiger partial charge >= 0.3 is 0 Å². The molecule has 6 heteroatoms. The molecule has 0 unspecified atom stereocenters. The quantitative estimate of drug-likeness (QED) is 0.848.